The zero-order chi connectivity index (χ0) is 15.6. The summed E-state index contributed by atoms with van der Waals surface area (Å²) in [6.45, 7) is 2.35. The minimum atomic E-state index is -0.885. The molecule has 1 unspecified atom stereocenters. The number of likely N-dealkylation sites (tertiary alicyclic amines) is 1. The Hall–Kier alpha value is -1.62. The number of amides is 1. The molecule has 1 atom stereocenters. The van der Waals surface area contributed by atoms with Gasteiger partial charge in [-0.1, -0.05) is 24.6 Å². The molecule has 114 valence electrons. The van der Waals surface area contributed by atoms with Crippen molar-refractivity contribution in [3.8, 4) is 0 Å². The number of carbonyl (C=O) groups excluding carboxylic acids is 1. The molecule has 6 heteroatoms. The Morgan fingerprint density at radius 2 is 2.19 bits per heavy atom. The van der Waals surface area contributed by atoms with Gasteiger partial charge < -0.3 is 10.0 Å². The fraction of sp³-hybridized carbons (Fsp3) is 0.467. The topological polar surface area (TPSA) is 57.6 Å². The summed E-state index contributed by atoms with van der Waals surface area (Å²) in [6, 6.07) is 4.27. The Balaban J connectivity index is 2.11. The fourth-order valence-corrected chi connectivity index (χ4v) is 2.89. The minimum Gasteiger partial charge on any atom is -0.481 e. The van der Waals surface area contributed by atoms with Gasteiger partial charge in [0.05, 0.1) is 11.8 Å². The monoisotopic (exact) mass is 313 g/mol. The maximum absolute atomic E-state index is 13.7. The Morgan fingerprint density at radius 3 is 2.71 bits per heavy atom. The highest BCUT2D eigenvalue weighted by Gasteiger charge is 2.44. The molecule has 1 saturated heterocycles. The second-order valence-electron chi connectivity index (χ2n) is 5.38. The first-order valence-electron chi connectivity index (χ1n) is 6.83. The van der Waals surface area contributed by atoms with Gasteiger partial charge in [0, 0.05) is 23.7 Å². The number of benzene rings is 1. The van der Waals surface area contributed by atoms with Crippen molar-refractivity contribution in [1.29, 1.82) is 0 Å². The van der Waals surface area contributed by atoms with Crippen LogP contribution in [0.4, 0.5) is 4.39 Å². The first-order chi connectivity index (χ1) is 9.89. The molecule has 1 aromatic rings. The molecule has 1 fully saturated rings. The third-order valence-corrected chi connectivity index (χ3v) is 4.58. The maximum Gasteiger partial charge on any atom is 0.311 e. The van der Waals surface area contributed by atoms with E-state index in [4.69, 9.17) is 11.6 Å². The molecule has 1 N–H and O–H groups in total. The highest BCUT2D eigenvalue weighted by Crippen LogP contribution is 2.34. The third kappa shape index (κ3) is 3.02. The van der Waals surface area contributed by atoms with Crippen LogP contribution in [0.3, 0.4) is 0 Å². The van der Waals surface area contributed by atoms with E-state index in [-0.39, 0.29) is 29.5 Å². The highest BCUT2D eigenvalue weighted by molar-refractivity contribution is 6.31. The lowest BCUT2D eigenvalue weighted by Gasteiger charge is -2.23. The summed E-state index contributed by atoms with van der Waals surface area (Å²) in [4.78, 5) is 25.1. The van der Waals surface area contributed by atoms with Crippen LogP contribution in [0.15, 0.2) is 18.2 Å². The van der Waals surface area contributed by atoms with Crippen molar-refractivity contribution < 1.29 is 19.1 Å². The first-order valence-corrected chi connectivity index (χ1v) is 7.21. The summed E-state index contributed by atoms with van der Waals surface area (Å²) in [5.41, 5.74) is -0.720. The van der Waals surface area contributed by atoms with E-state index in [1.165, 1.54) is 23.1 Å². The number of aliphatic carboxylic acids is 1. The van der Waals surface area contributed by atoms with Crippen LogP contribution in [0.5, 0.6) is 0 Å². The molecule has 1 aliphatic rings. The van der Waals surface area contributed by atoms with E-state index in [1.54, 1.807) is 6.92 Å². The number of carbonyl (C=O) groups is 2. The Bertz CT molecular complexity index is 558. The largest absolute Gasteiger partial charge is 0.481 e. The maximum atomic E-state index is 13.7. The van der Waals surface area contributed by atoms with Gasteiger partial charge in [0.1, 0.15) is 5.82 Å². The summed E-state index contributed by atoms with van der Waals surface area (Å²) in [5, 5.41) is 9.53. The molecule has 0 saturated carbocycles. The minimum absolute atomic E-state index is 0.148. The summed E-state index contributed by atoms with van der Waals surface area (Å²) in [5.74, 6) is -1.70. The summed E-state index contributed by atoms with van der Waals surface area (Å²) >= 11 is 5.91. The van der Waals surface area contributed by atoms with Crippen LogP contribution in [0.2, 0.25) is 5.02 Å². The van der Waals surface area contributed by atoms with Crippen molar-refractivity contribution >= 4 is 23.5 Å². The van der Waals surface area contributed by atoms with Crippen LogP contribution in [-0.2, 0) is 16.0 Å². The summed E-state index contributed by atoms with van der Waals surface area (Å²) in [6.07, 6.45) is 0.743. The first kappa shape index (κ1) is 15.8. The van der Waals surface area contributed by atoms with Crippen LogP contribution in [0, 0.1) is 11.2 Å². The van der Waals surface area contributed by atoms with Gasteiger partial charge in [-0.05, 0) is 25.0 Å². The number of carboxylic acid groups (broad SMARTS) is 1. The van der Waals surface area contributed by atoms with Gasteiger partial charge in [-0.25, -0.2) is 4.39 Å². The zero-order valence-corrected chi connectivity index (χ0v) is 12.5. The molecule has 0 bridgehead atoms. The van der Waals surface area contributed by atoms with Gasteiger partial charge >= 0.3 is 5.97 Å². The molecule has 1 aromatic carbocycles. The second kappa shape index (κ2) is 6.02. The molecule has 21 heavy (non-hydrogen) atoms. The molecule has 0 aromatic heterocycles. The van der Waals surface area contributed by atoms with Crippen molar-refractivity contribution in [2.24, 2.45) is 5.41 Å². The average molecular weight is 314 g/mol. The Kier molecular flexibility index (Phi) is 4.52. The van der Waals surface area contributed by atoms with Gasteiger partial charge in [-0.3, -0.25) is 9.59 Å². The standard InChI is InChI=1S/C15H17ClFNO3/c1-2-15(14(20)21)6-7-18(9-15)13(19)8-10-11(16)4-3-5-12(10)17/h3-5H,2,6-9H2,1H3,(H,20,21). The molecule has 0 radical (unpaired) electrons. The third-order valence-electron chi connectivity index (χ3n) is 4.23. The van der Waals surface area contributed by atoms with E-state index in [1.807, 2.05) is 0 Å². The number of carboxylic acids is 1. The van der Waals surface area contributed by atoms with E-state index in [0.29, 0.717) is 19.4 Å². The Labute approximate surface area is 127 Å². The average Bonchev–Trinajstić information content (AvgIpc) is 2.89. The van der Waals surface area contributed by atoms with Gasteiger partial charge in [0.2, 0.25) is 5.91 Å². The highest BCUT2D eigenvalue weighted by atomic mass is 35.5. The normalized spacial score (nSPS) is 21.6. The van der Waals surface area contributed by atoms with Crippen molar-refractivity contribution in [1.82, 2.24) is 4.90 Å². The van der Waals surface area contributed by atoms with Gasteiger partial charge in [-0.2, -0.15) is 0 Å². The van der Waals surface area contributed by atoms with Crippen molar-refractivity contribution in [2.75, 3.05) is 13.1 Å². The van der Waals surface area contributed by atoms with E-state index < -0.39 is 17.2 Å². The van der Waals surface area contributed by atoms with Gasteiger partial charge in [0.25, 0.3) is 0 Å². The van der Waals surface area contributed by atoms with E-state index in [9.17, 15) is 19.1 Å². The molecule has 4 nitrogen and oxygen atoms in total. The predicted octanol–water partition coefficient (Wildman–Crippen LogP) is 2.73. The SMILES string of the molecule is CCC1(C(=O)O)CCN(C(=O)Cc2c(F)cccc2Cl)C1. The number of nitrogens with zero attached hydrogens (tertiary/aromatic N) is 1. The van der Waals surface area contributed by atoms with Crippen molar-refractivity contribution in [2.45, 2.75) is 26.2 Å². The van der Waals surface area contributed by atoms with Crippen LogP contribution < -0.4 is 0 Å². The smallest absolute Gasteiger partial charge is 0.311 e. The second-order valence-corrected chi connectivity index (χ2v) is 5.79. The van der Waals surface area contributed by atoms with Crippen LogP contribution in [-0.4, -0.2) is 35.0 Å². The van der Waals surface area contributed by atoms with Crippen molar-refractivity contribution in [3.63, 3.8) is 0 Å². The lowest BCUT2D eigenvalue weighted by molar-refractivity contribution is -0.148. The molecule has 2 rings (SSSR count). The number of hydrogen-bond donors (Lipinski definition) is 1. The van der Waals surface area contributed by atoms with Crippen molar-refractivity contribution in [3.05, 3.63) is 34.6 Å². The zero-order valence-electron chi connectivity index (χ0n) is 11.7. The van der Waals surface area contributed by atoms with E-state index in [2.05, 4.69) is 0 Å². The van der Waals surface area contributed by atoms with Gasteiger partial charge in [-0.15, -0.1) is 0 Å². The lowest BCUT2D eigenvalue weighted by Crippen LogP contribution is -2.37. The number of halogens is 2. The Morgan fingerprint density at radius 1 is 1.48 bits per heavy atom. The van der Waals surface area contributed by atoms with Crippen LogP contribution >= 0.6 is 11.6 Å². The molecule has 1 heterocycles. The van der Waals surface area contributed by atoms with Crippen LogP contribution in [0.1, 0.15) is 25.3 Å². The van der Waals surface area contributed by atoms with E-state index >= 15 is 0 Å². The molecular weight excluding hydrogens is 297 g/mol. The fourth-order valence-electron chi connectivity index (χ4n) is 2.66. The summed E-state index contributed by atoms with van der Waals surface area (Å²) < 4.78 is 13.7. The number of rotatable bonds is 4. The number of hydrogen-bond acceptors (Lipinski definition) is 2. The molecule has 1 amide bonds. The summed E-state index contributed by atoms with van der Waals surface area (Å²) in [7, 11) is 0. The molecule has 0 aliphatic carbocycles. The molecule has 0 spiro atoms. The predicted molar refractivity (Wildman–Crippen MR) is 76.7 cm³/mol. The molecular formula is C15H17ClFNO3. The van der Waals surface area contributed by atoms with E-state index in [0.717, 1.165) is 0 Å². The lowest BCUT2D eigenvalue weighted by atomic mass is 9.84. The molecule has 1 aliphatic heterocycles. The van der Waals surface area contributed by atoms with Crippen LogP contribution in [0.25, 0.3) is 0 Å². The quantitative estimate of drug-likeness (QED) is 0.930. The van der Waals surface area contributed by atoms with Gasteiger partial charge in [0.15, 0.2) is 0 Å².